The second kappa shape index (κ2) is 7.74. The highest BCUT2D eigenvalue weighted by atomic mass is 15.3. The van der Waals surface area contributed by atoms with Crippen LogP contribution in [0.5, 0.6) is 0 Å². The molecule has 0 bridgehead atoms. The molecule has 2 aliphatic rings. The molecule has 0 aromatic heterocycles. The predicted molar refractivity (Wildman–Crippen MR) is 86.3 cm³/mol. The standard InChI is InChI=1S/C16H34N4/c1-15(2)19-7-5-16(6-8-19)20-13-11-18(12-14-20)10-9-17(3)4/h15-16H,5-14H2,1-4H3. The molecule has 20 heavy (non-hydrogen) atoms. The largest absolute Gasteiger partial charge is 0.308 e. The first-order valence-corrected chi connectivity index (χ1v) is 8.41. The molecule has 0 atom stereocenters. The molecule has 2 rings (SSSR count). The van der Waals surface area contributed by atoms with Crippen molar-refractivity contribution in [3.8, 4) is 0 Å². The van der Waals surface area contributed by atoms with Crippen LogP contribution in [0.4, 0.5) is 0 Å². The fourth-order valence-corrected chi connectivity index (χ4v) is 3.46. The normalized spacial score (nSPS) is 24.9. The molecule has 0 aliphatic carbocycles. The molecule has 0 spiro atoms. The molecule has 0 aromatic rings. The van der Waals surface area contributed by atoms with E-state index in [1.165, 1.54) is 65.2 Å². The molecule has 0 aromatic carbocycles. The fourth-order valence-electron chi connectivity index (χ4n) is 3.46. The molecular formula is C16H34N4. The van der Waals surface area contributed by atoms with E-state index >= 15 is 0 Å². The Morgan fingerprint density at radius 2 is 1.55 bits per heavy atom. The van der Waals surface area contributed by atoms with Crippen LogP contribution in [0.3, 0.4) is 0 Å². The highest BCUT2D eigenvalue weighted by Gasteiger charge is 2.27. The first-order valence-electron chi connectivity index (χ1n) is 8.41. The molecule has 2 heterocycles. The van der Waals surface area contributed by atoms with Crippen molar-refractivity contribution in [1.29, 1.82) is 0 Å². The maximum atomic E-state index is 2.75. The Bertz CT molecular complexity index is 264. The number of likely N-dealkylation sites (tertiary alicyclic amines) is 1. The Hall–Kier alpha value is -0.160. The van der Waals surface area contributed by atoms with Gasteiger partial charge in [-0.3, -0.25) is 9.80 Å². The molecule has 0 amide bonds. The highest BCUT2D eigenvalue weighted by molar-refractivity contribution is 4.84. The van der Waals surface area contributed by atoms with Gasteiger partial charge in [-0.25, -0.2) is 0 Å². The number of rotatable bonds is 5. The van der Waals surface area contributed by atoms with Gasteiger partial charge in [-0.2, -0.15) is 0 Å². The third-order valence-corrected chi connectivity index (χ3v) is 5.02. The van der Waals surface area contributed by atoms with Crippen molar-refractivity contribution in [3.05, 3.63) is 0 Å². The topological polar surface area (TPSA) is 13.0 Å². The summed E-state index contributed by atoms with van der Waals surface area (Å²) in [6, 6.07) is 1.57. The molecule has 0 radical (unpaired) electrons. The zero-order valence-electron chi connectivity index (χ0n) is 14.0. The Morgan fingerprint density at radius 1 is 0.950 bits per heavy atom. The summed E-state index contributed by atoms with van der Waals surface area (Å²) >= 11 is 0. The third-order valence-electron chi connectivity index (χ3n) is 5.02. The molecule has 2 aliphatic heterocycles. The molecule has 2 fully saturated rings. The number of piperazine rings is 1. The lowest BCUT2D eigenvalue weighted by Gasteiger charge is -2.43. The van der Waals surface area contributed by atoms with E-state index in [-0.39, 0.29) is 0 Å². The predicted octanol–water partition coefficient (Wildman–Crippen LogP) is 1.04. The van der Waals surface area contributed by atoms with Gasteiger partial charge in [-0.1, -0.05) is 0 Å². The van der Waals surface area contributed by atoms with Crippen molar-refractivity contribution in [2.24, 2.45) is 0 Å². The van der Waals surface area contributed by atoms with Crippen LogP contribution in [0.15, 0.2) is 0 Å². The quantitative estimate of drug-likeness (QED) is 0.747. The van der Waals surface area contributed by atoms with Gasteiger partial charge in [-0.05, 0) is 53.9 Å². The minimum absolute atomic E-state index is 0.721. The molecule has 118 valence electrons. The average Bonchev–Trinajstić information content (AvgIpc) is 2.46. The highest BCUT2D eigenvalue weighted by Crippen LogP contribution is 2.19. The Balaban J connectivity index is 1.67. The summed E-state index contributed by atoms with van der Waals surface area (Å²) in [7, 11) is 4.33. The number of nitrogens with zero attached hydrogens (tertiary/aromatic N) is 4. The van der Waals surface area contributed by atoms with E-state index in [1.807, 2.05) is 0 Å². The van der Waals surface area contributed by atoms with Crippen LogP contribution in [0.1, 0.15) is 26.7 Å². The SMILES string of the molecule is CC(C)N1CCC(N2CCN(CCN(C)C)CC2)CC1. The molecule has 2 saturated heterocycles. The van der Waals surface area contributed by atoms with Crippen LogP contribution in [-0.2, 0) is 0 Å². The van der Waals surface area contributed by atoms with E-state index in [0.29, 0.717) is 0 Å². The van der Waals surface area contributed by atoms with Crippen molar-refractivity contribution >= 4 is 0 Å². The van der Waals surface area contributed by atoms with E-state index in [9.17, 15) is 0 Å². The minimum Gasteiger partial charge on any atom is -0.308 e. The molecule has 0 unspecified atom stereocenters. The van der Waals surface area contributed by atoms with Gasteiger partial charge in [0.05, 0.1) is 0 Å². The summed E-state index contributed by atoms with van der Waals surface area (Å²) in [4.78, 5) is 10.3. The zero-order valence-corrected chi connectivity index (χ0v) is 14.0. The summed E-state index contributed by atoms with van der Waals surface area (Å²) in [5, 5.41) is 0. The second-order valence-corrected chi connectivity index (χ2v) is 7.04. The maximum Gasteiger partial charge on any atom is 0.0121 e. The molecule has 0 saturated carbocycles. The van der Waals surface area contributed by atoms with Gasteiger partial charge in [-0.15, -0.1) is 0 Å². The first-order chi connectivity index (χ1) is 9.56. The van der Waals surface area contributed by atoms with Crippen molar-refractivity contribution in [1.82, 2.24) is 19.6 Å². The van der Waals surface area contributed by atoms with Gasteiger partial charge >= 0.3 is 0 Å². The van der Waals surface area contributed by atoms with Gasteiger partial charge in [0.15, 0.2) is 0 Å². The Kier molecular flexibility index (Phi) is 6.27. The van der Waals surface area contributed by atoms with Crippen LogP contribution >= 0.6 is 0 Å². The van der Waals surface area contributed by atoms with Crippen LogP contribution in [-0.4, -0.2) is 98.1 Å². The lowest BCUT2D eigenvalue weighted by atomic mass is 10.0. The minimum atomic E-state index is 0.721. The summed E-state index contributed by atoms with van der Waals surface area (Å²) < 4.78 is 0. The summed E-state index contributed by atoms with van der Waals surface area (Å²) in [5.41, 5.74) is 0. The zero-order chi connectivity index (χ0) is 14.5. The smallest absolute Gasteiger partial charge is 0.0121 e. The van der Waals surface area contributed by atoms with Gasteiger partial charge in [0, 0.05) is 51.4 Å². The van der Waals surface area contributed by atoms with Gasteiger partial charge < -0.3 is 9.80 Å². The number of piperidine rings is 1. The lowest BCUT2D eigenvalue weighted by Crippen LogP contribution is -2.54. The van der Waals surface area contributed by atoms with E-state index in [4.69, 9.17) is 0 Å². The van der Waals surface area contributed by atoms with Gasteiger partial charge in [0.25, 0.3) is 0 Å². The molecule has 0 N–H and O–H groups in total. The fraction of sp³-hybridized carbons (Fsp3) is 1.00. The van der Waals surface area contributed by atoms with Gasteiger partial charge in [0.1, 0.15) is 0 Å². The lowest BCUT2D eigenvalue weighted by molar-refractivity contribution is 0.0502. The molecule has 4 nitrogen and oxygen atoms in total. The summed E-state index contributed by atoms with van der Waals surface area (Å²) in [6.45, 7) is 14.7. The maximum absolute atomic E-state index is 2.75. The van der Waals surface area contributed by atoms with Crippen molar-refractivity contribution in [2.75, 3.05) is 66.5 Å². The second-order valence-electron chi connectivity index (χ2n) is 7.04. The number of hydrogen-bond donors (Lipinski definition) is 0. The van der Waals surface area contributed by atoms with Gasteiger partial charge in [0.2, 0.25) is 0 Å². The average molecular weight is 282 g/mol. The van der Waals surface area contributed by atoms with E-state index in [0.717, 1.165) is 12.1 Å². The number of likely N-dealkylation sites (N-methyl/N-ethyl adjacent to an activating group) is 1. The Labute approximate surface area is 125 Å². The first kappa shape index (κ1) is 16.2. The molecule has 4 heteroatoms. The monoisotopic (exact) mass is 282 g/mol. The van der Waals surface area contributed by atoms with E-state index in [1.54, 1.807) is 0 Å². The van der Waals surface area contributed by atoms with Crippen LogP contribution in [0.25, 0.3) is 0 Å². The number of hydrogen-bond acceptors (Lipinski definition) is 4. The summed E-state index contributed by atoms with van der Waals surface area (Å²) in [5.74, 6) is 0. The van der Waals surface area contributed by atoms with E-state index in [2.05, 4.69) is 47.5 Å². The third kappa shape index (κ3) is 4.69. The van der Waals surface area contributed by atoms with E-state index < -0.39 is 0 Å². The van der Waals surface area contributed by atoms with Crippen molar-refractivity contribution in [3.63, 3.8) is 0 Å². The Morgan fingerprint density at radius 3 is 2.05 bits per heavy atom. The van der Waals surface area contributed by atoms with Crippen molar-refractivity contribution in [2.45, 2.75) is 38.8 Å². The van der Waals surface area contributed by atoms with Crippen LogP contribution in [0.2, 0.25) is 0 Å². The molecular weight excluding hydrogens is 248 g/mol. The van der Waals surface area contributed by atoms with Crippen LogP contribution < -0.4 is 0 Å². The van der Waals surface area contributed by atoms with Crippen LogP contribution in [0, 0.1) is 0 Å². The van der Waals surface area contributed by atoms with Crippen molar-refractivity contribution < 1.29 is 0 Å². The summed E-state index contributed by atoms with van der Waals surface area (Å²) in [6.07, 6.45) is 2.74.